The summed E-state index contributed by atoms with van der Waals surface area (Å²) in [5.74, 6) is 1.93. The van der Waals surface area contributed by atoms with Gasteiger partial charge in [0.15, 0.2) is 0 Å². The first-order valence-electron chi connectivity index (χ1n) is 10.6. The van der Waals surface area contributed by atoms with Crippen molar-refractivity contribution >= 4 is 29.1 Å². The van der Waals surface area contributed by atoms with Gasteiger partial charge in [-0.3, -0.25) is 0 Å². The molecule has 2 aromatic carbocycles. The molecule has 1 aliphatic rings. The van der Waals surface area contributed by atoms with Gasteiger partial charge in [-0.25, -0.2) is 9.97 Å². The Morgan fingerprint density at radius 3 is 2.73 bits per heavy atom. The van der Waals surface area contributed by atoms with Gasteiger partial charge in [0.1, 0.15) is 29.2 Å². The number of hydrogen-bond donors (Lipinski definition) is 2. The van der Waals surface area contributed by atoms with Gasteiger partial charge in [-0.05, 0) is 17.7 Å². The standard InChI is InChI=1S/C24H23ClN6O2/c1-26-23-17-10-11-33-22(15-6-4-3-5-7-15)21(17)29-24(30-23)28-16-8-9-18(19(12-16)32-2)31-13-20(25)27-14-31/h3-9,12-14,22H,10-11H2,1-2H3,(H2,26,28,29,30). The largest absolute Gasteiger partial charge is 0.494 e. The number of fused-ring (bicyclic) bond motifs is 1. The van der Waals surface area contributed by atoms with Gasteiger partial charge in [-0.15, -0.1) is 0 Å². The lowest BCUT2D eigenvalue weighted by Crippen LogP contribution is -2.22. The second-order valence-electron chi connectivity index (χ2n) is 7.54. The molecule has 8 nitrogen and oxygen atoms in total. The average Bonchev–Trinajstić information content (AvgIpc) is 3.29. The molecule has 1 aliphatic heterocycles. The number of anilines is 3. The first-order valence-corrected chi connectivity index (χ1v) is 10.9. The number of rotatable bonds is 6. The summed E-state index contributed by atoms with van der Waals surface area (Å²) in [5, 5.41) is 6.94. The highest BCUT2D eigenvalue weighted by molar-refractivity contribution is 6.29. The quantitative estimate of drug-likeness (QED) is 0.426. The summed E-state index contributed by atoms with van der Waals surface area (Å²) < 4.78 is 13.5. The first-order chi connectivity index (χ1) is 16.2. The van der Waals surface area contributed by atoms with E-state index >= 15 is 0 Å². The van der Waals surface area contributed by atoms with E-state index in [0.29, 0.717) is 23.5 Å². The Bertz CT molecular complexity index is 1280. The van der Waals surface area contributed by atoms with Crippen LogP contribution in [-0.2, 0) is 11.2 Å². The van der Waals surface area contributed by atoms with Crippen LogP contribution in [0, 0.1) is 0 Å². The predicted octanol–water partition coefficient (Wildman–Crippen LogP) is 4.77. The lowest BCUT2D eigenvalue weighted by atomic mass is 9.98. The molecule has 4 aromatic rings. The fourth-order valence-electron chi connectivity index (χ4n) is 4.00. The van der Waals surface area contributed by atoms with Crippen molar-refractivity contribution in [1.82, 2.24) is 19.5 Å². The van der Waals surface area contributed by atoms with Crippen molar-refractivity contribution in [2.75, 3.05) is 31.4 Å². The Labute approximate surface area is 196 Å². The Hall–Kier alpha value is -3.62. The van der Waals surface area contributed by atoms with Crippen LogP contribution in [0.1, 0.15) is 22.9 Å². The molecule has 0 saturated carbocycles. The molecule has 9 heteroatoms. The van der Waals surface area contributed by atoms with Crippen molar-refractivity contribution in [3.63, 3.8) is 0 Å². The minimum absolute atomic E-state index is 0.242. The summed E-state index contributed by atoms with van der Waals surface area (Å²) in [6.07, 6.45) is 3.88. The van der Waals surface area contributed by atoms with Gasteiger partial charge < -0.3 is 24.7 Å². The molecule has 168 valence electrons. The number of hydrogen-bond acceptors (Lipinski definition) is 7. The molecule has 0 saturated heterocycles. The number of imidazole rings is 1. The second-order valence-corrected chi connectivity index (χ2v) is 7.92. The van der Waals surface area contributed by atoms with E-state index in [0.717, 1.165) is 40.4 Å². The summed E-state index contributed by atoms with van der Waals surface area (Å²) in [7, 11) is 3.49. The zero-order chi connectivity index (χ0) is 22.8. The zero-order valence-corrected chi connectivity index (χ0v) is 19.0. The van der Waals surface area contributed by atoms with Gasteiger partial charge in [-0.1, -0.05) is 41.9 Å². The zero-order valence-electron chi connectivity index (χ0n) is 18.2. The van der Waals surface area contributed by atoms with Crippen LogP contribution in [0.3, 0.4) is 0 Å². The van der Waals surface area contributed by atoms with Crippen molar-refractivity contribution in [1.29, 1.82) is 0 Å². The van der Waals surface area contributed by atoms with Gasteiger partial charge in [0, 0.05) is 37.0 Å². The molecule has 3 heterocycles. The van der Waals surface area contributed by atoms with E-state index in [1.165, 1.54) is 0 Å². The molecule has 0 bridgehead atoms. The van der Waals surface area contributed by atoms with Gasteiger partial charge in [0.05, 0.1) is 25.1 Å². The Morgan fingerprint density at radius 1 is 1.15 bits per heavy atom. The van der Waals surface area contributed by atoms with Crippen LogP contribution in [0.2, 0.25) is 5.15 Å². The monoisotopic (exact) mass is 462 g/mol. The lowest BCUT2D eigenvalue weighted by molar-refractivity contribution is 0.0665. The maximum atomic E-state index is 6.11. The van der Waals surface area contributed by atoms with Gasteiger partial charge >= 0.3 is 0 Å². The molecule has 1 atom stereocenters. The highest BCUT2D eigenvalue weighted by atomic mass is 35.5. The van der Waals surface area contributed by atoms with Crippen LogP contribution in [0.5, 0.6) is 5.75 Å². The molecule has 0 radical (unpaired) electrons. The molecule has 1 unspecified atom stereocenters. The second kappa shape index (κ2) is 9.09. The number of aromatic nitrogens is 4. The van der Waals surface area contributed by atoms with Crippen molar-refractivity contribution < 1.29 is 9.47 Å². The van der Waals surface area contributed by atoms with Gasteiger partial charge in [-0.2, -0.15) is 4.98 Å². The summed E-state index contributed by atoms with van der Waals surface area (Å²) in [5.41, 5.74) is 4.62. The Balaban J connectivity index is 1.50. The van der Waals surface area contributed by atoms with Crippen LogP contribution in [-0.4, -0.2) is 40.3 Å². The Morgan fingerprint density at radius 2 is 2.00 bits per heavy atom. The summed E-state index contributed by atoms with van der Waals surface area (Å²) in [6.45, 7) is 0.619. The SMILES string of the molecule is CNc1nc(Nc2ccc(-n3cnc(Cl)c3)c(OC)c2)nc2c1CCOC2c1ccccc1. The normalized spacial score (nSPS) is 15.1. The first kappa shape index (κ1) is 21.2. The minimum Gasteiger partial charge on any atom is -0.494 e. The average molecular weight is 463 g/mol. The molecule has 5 rings (SSSR count). The molecule has 2 N–H and O–H groups in total. The van der Waals surface area contributed by atoms with E-state index in [4.69, 9.17) is 31.0 Å². The smallest absolute Gasteiger partial charge is 0.229 e. The summed E-state index contributed by atoms with van der Waals surface area (Å²) in [4.78, 5) is 13.6. The van der Waals surface area contributed by atoms with E-state index in [2.05, 4.69) is 27.8 Å². The van der Waals surface area contributed by atoms with E-state index in [-0.39, 0.29) is 6.10 Å². The van der Waals surface area contributed by atoms with Crippen LogP contribution in [0.4, 0.5) is 17.5 Å². The fourth-order valence-corrected chi connectivity index (χ4v) is 4.14. The minimum atomic E-state index is -0.242. The Kier molecular flexibility index (Phi) is 5.85. The highest BCUT2D eigenvalue weighted by Gasteiger charge is 2.27. The van der Waals surface area contributed by atoms with Crippen LogP contribution >= 0.6 is 11.6 Å². The lowest BCUT2D eigenvalue weighted by Gasteiger charge is -2.27. The maximum absolute atomic E-state index is 6.11. The van der Waals surface area contributed by atoms with Crippen molar-refractivity contribution in [2.45, 2.75) is 12.5 Å². The molecular formula is C24H23ClN6O2. The van der Waals surface area contributed by atoms with Crippen LogP contribution in [0.15, 0.2) is 61.1 Å². The number of nitrogens with zero attached hydrogens (tertiary/aromatic N) is 4. The summed E-state index contributed by atoms with van der Waals surface area (Å²) >= 11 is 5.97. The molecule has 2 aromatic heterocycles. The topological polar surface area (TPSA) is 86.1 Å². The molecule has 0 amide bonds. The van der Waals surface area contributed by atoms with E-state index in [1.807, 2.05) is 43.4 Å². The molecular weight excluding hydrogens is 440 g/mol. The third-order valence-electron chi connectivity index (χ3n) is 5.53. The third kappa shape index (κ3) is 4.22. The number of benzene rings is 2. The van der Waals surface area contributed by atoms with Crippen molar-refractivity contribution in [3.05, 3.63) is 83.0 Å². The van der Waals surface area contributed by atoms with Crippen molar-refractivity contribution in [2.24, 2.45) is 0 Å². The summed E-state index contributed by atoms with van der Waals surface area (Å²) in [6, 6.07) is 15.9. The molecule has 33 heavy (non-hydrogen) atoms. The van der Waals surface area contributed by atoms with E-state index < -0.39 is 0 Å². The molecule has 0 aliphatic carbocycles. The van der Waals surface area contributed by atoms with E-state index in [9.17, 15) is 0 Å². The van der Waals surface area contributed by atoms with E-state index in [1.54, 1.807) is 24.2 Å². The van der Waals surface area contributed by atoms with Crippen LogP contribution < -0.4 is 15.4 Å². The fraction of sp³-hybridized carbons (Fsp3) is 0.208. The predicted molar refractivity (Wildman–Crippen MR) is 128 cm³/mol. The third-order valence-corrected chi connectivity index (χ3v) is 5.72. The molecule has 0 spiro atoms. The number of ether oxygens (including phenoxy) is 2. The van der Waals surface area contributed by atoms with Gasteiger partial charge in [0.2, 0.25) is 5.95 Å². The number of halogens is 1. The molecule has 0 fully saturated rings. The van der Waals surface area contributed by atoms with Crippen LogP contribution in [0.25, 0.3) is 5.69 Å². The number of nitrogens with one attached hydrogen (secondary N) is 2. The van der Waals surface area contributed by atoms with Gasteiger partial charge in [0.25, 0.3) is 0 Å². The number of methoxy groups -OCH3 is 1. The highest BCUT2D eigenvalue weighted by Crippen LogP contribution is 2.36. The maximum Gasteiger partial charge on any atom is 0.229 e. The van der Waals surface area contributed by atoms with Crippen molar-refractivity contribution in [3.8, 4) is 11.4 Å².